The number of unbranched alkanes of at least 4 members (excludes halogenated alkanes) is 10. The fourth-order valence-electron chi connectivity index (χ4n) is 6.68. The second-order valence-electron chi connectivity index (χ2n) is 16.2. The Bertz CT molecular complexity index is 1390. The van der Waals surface area contributed by atoms with Crippen molar-refractivity contribution in [1.29, 1.82) is 0 Å². The Morgan fingerprint density at radius 3 is 1.44 bits per heavy atom. The third kappa shape index (κ3) is 32.8. The fraction of sp³-hybridized carbons (Fsp3) is 0.611. The van der Waals surface area contributed by atoms with Gasteiger partial charge < -0.3 is 40.3 Å². The smallest absolute Gasteiger partial charge is 0.220 e. The number of nitrogens with one attached hydrogen (secondary N) is 1. The van der Waals surface area contributed by atoms with Crippen molar-refractivity contribution in [3.63, 3.8) is 0 Å². The van der Waals surface area contributed by atoms with Crippen LogP contribution in [0.25, 0.3) is 0 Å². The Labute approximate surface area is 382 Å². The predicted octanol–water partition coefficient (Wildman–Crippen LogP) is 10.8. The fourth-order valence-corrected chi connectivity index (χ4v) is 6.68. The second-order valence-corrected chi connectivity index (χ2v) is 16.2. The van der Waals surface area contributed by atoms with Crippen LogP contribution in [0.4, 0.5) is 0 Å². The van der Waals surface area contributed by atoms with E-state index < -0.39 is 49.5 Å². The molecule has 0 aromatic carbocycles. The summed E-state index contributed by atoms with van der Waals surface area (Å²) in [7, 11) is 0. The van der Waals surface area contributed by atoms with E-state index in [9.17, 15) is 30.3 Å². The van der Waals surface area contributed by atoms with E-state index in [1.165, 1.54) is 44.9 Å². The molecule has 0 spiro atoms. The maximum atomic E-state index is 12.9. The van der Waals surface area contributed by atoms with Crippen molar-refractivity contribution in [2.24, 2.45) is 0 Å². The lowest BCUT2D eigenvalue weighted by molar-refractivity contribution is -0.302. The van der Waals surface area contributed by atoms with Crippen molar-refractivity contribution in [3.8, 4) is 0 Å². The van der Waals surface area contributed by atoms with Crippen LogP contribution in [0.2, 0.25) is 0 Å². The molecule has 9 nitrogen and oxygen atoms in total. The molecule has 1 heterocycles. The van der Waals surface area contributed by atoms with Crippen LogP contribution in [0.5, 0.6) is 0 Å². The Kier molecular flexibility index (Phi) is 38.9. The van der Waals surface area contributed by atoms with Crippen LogP contribution < -0.4 is 5.32 Å². The van der Waals surface area contributed by atoms with Crippen molar-refractivity contribution in [1.82, 2.24) is 5.32 Å². The number of allylic oxidation sites excluding steroid dienone is 19. The van der Waals surface area contributed by atoms with Gasteiger partial charge in [0.05, 0.1) is 25.4 Å². The minimum atomic E-state index is -1.58. The van der Waals surface area contributed by atoms with Gasteiger partial charge >= 0.3 is 0 Å². The number of rotatable bonds is 38. The first kappa shape index (κ1) is 57.6. The number of ether oxygens (including phenoxy) is 2. The number of hydrogen-bond acceptors (Lipinski definition) is 8. The highest BCUT2D eigenvalue weighted by Gasteiger charge is 2.44. The average molecular weight is 878 g/mol. The van der Waals surface area contributed by atoms with Gasteiger partial charge in [-0.2, -0.15) is 0 Å². The number of aliphatic hydroxyl groups is 5. The third-order valence-corrected chi connectivity index (χ3v) is 10.5. The lowest BCUT2D eigenvalue weighted by atomic mass is 9.99. The summed E-state index contributed by atoms with van der Waals surface area (Å²) in [5.74, 6) is -0.243. The van der Waals surface area contributed by atoms with Crippen molar-refractivity contribution < 1.29 is 39.8 Å². The summed E-state index contributed by atoms with van der Waals surface area (Å²) in [4.78, 5) is 12.9. The van der Waals surface area contributed by atoms with Crippen molar-refractivity contribution in [2.75, 3.05) is 13.2 Å². The molecule has 1 fully saturated rings. The SMILES string of the molecule is CC/C=C\C/C=C\C/C=C\C/C=C\C/C=C\C/C=C\C/C=C\C/C=C\C/C=C\CCCC(=O)NC(COC1OC(CO)C(O)C(O)C1O)C(O)/C=C/CCCCCCCCCCC. The predicted molar refractivity (Wildman–Crippen MR) is 262 cm³/mol. The Balaban J connectivity index is 2.33. The molecule has 1 aliphatic rings. The maximum Gasteiger partial charge on any atom is 0.220 e. The third-order valence-electron chi connectivity index (χ3n) is 10.5. The first-order chi connectivity index (χ1) is 30.8. The number of aliphatic hydroxyl groups excluding tert-OH is 5. The molecular weight excluding hydrogens is 791 g/mol. The Hall–Kier alpha value is -3.41. The van der Waals surface area contributed by atoms with E-state index in [0.717, 1.165) is 83.5 Å². The van der Waals surface area contributed by atoms with E-state index in [0.29, 0.717) is 6.42 Å². The summed E-state index contributed by atoms with van der Waals surface area (Å²) in [5.41, 5.74) is 0. The van der Waals surface area contributed by atoms with E-state index in [-0.39, 0.29) is 18.9 Å². The number of hydrogen-bond donors (Lipinski definition) is 6. The van der Waals surface area contributed by atoms with Gasteiger partial charge in [0.25, 0.3) is 0 Å². The van der Waals surface area contributed by atoms with Gasteiger partial charge in [0.1, 0.15) is 24.4 Å². The van der Waals surface area contributed by atoms with Crippen LogP contribution in [0.15, 0.2) is 122 Å². The molecule has 1 aliphatic heterocycles. The number of carbonyl (C=O) groups is 1. The molecule has 63 heavy (non-hydrogen) atoms. The molecule has 0 bridgehead atoms. The van der Waals surface area contributed by atoms with Gasteiger partial charge in [-0.25, -0.2) is 0 Å². The molecule has 356 valence electrons. The highest BCUT2D eigenvalue weighted by atomic mass is 16.7. The molecule has 1 rings (SSSR count). The molecular formula is C54H87NO8. The van der Waals surface area contributed by atoms with Gasteiger partial charge in [-0.05, 0) is 83.5 Å². The monoisotopic (exact) mass is 878 g/mol. The standard InChI is InChI=1S/C54H87NO8/c1-3-5-7-9-11-13-15-16-17-18-19-20-21-22-23-24-25-26-27-28-29-30-31-32-34-36-38-40-42-44-50(58)55-47(46-62-54-53(61)52(60)51(59)49(45-56)63-54)48(57)43-41-39-37-35-33-14-12-10-8-6-4-2/h5,7,11,13,16-17,19-20,22-23,25-26,28-29,31-32,36,38,41,43,47-49,51-54,56-57,59-61H,3-4,6,8-10,12,14-15,18,21,24,27,30,33-35,37,39-40,42,44-46H2,1-2H3,(H,55,58)/b7-5-,13-11-,17-16-,20-19-,23-22-,26-25-,29-28-,32-31-,38-36-,43-41+. The van der Waals surface area contributed by atoms with Gasteiger partial charge in [-0.15, -0.1) is 0 Å². The van der Waals surface area contributed by atoms with E-state index in [1.807, 2.05) is 6.08 Å². The number of carbonyl (C=O) groups excluding carboxylic acids is 1. The lowest BCUT2D eigenvalue weighted by Gasteiger charge is -2.40. The van der Waals surface area contributed by atoms with Gasteiger partial charge in [-0.1, -0.05) is 187 Å². The summed E-state index contributed by atoms with van der Waals surface area (Å²) in [6.45, 7) is 3.58. The van der Waals surface area contributed by atoms with E-state index in [2.05, 4.69) is 129 Å². The van der Waals surface area contributed by atoms with Gasteiger partial charge in [0.15, 0.2) is 6.29 Å². The van der Waals surface area contributed by atoms with Crippen molar-refractivity contribution >= 4 is 5.91 Å². The second kappa shape index (κ2) is 42.5. The molecule has 7 unspecified atom stereocenters. The zero-order valence-corrected chi connectivity index (χ0v) is 39.0. The van der Waals surface area contributed by atoms with Crippen LogP contribution in [0.1, 0.15) is 155 Å². The van der Waals surface area contributed by atoms with Crippen molar-refractivity contribution in [3.05, 3.63) is 122 Å². The summed E-state index contributed by atoms with van der Waals surface area (Å²) in [6.07, 6.45) is 56.8. The molecule has 7 atom stereocenters. The van der Waals surface area contributed by atoms with Gasteiger partial charge in [0.2, 0.25) is 5.91 Å². The molecule has 0 aromatic heterocycles. The zero-order valence-electron chi connectivity index (χ0n) is 39.0. The van der Waals surface area contributed by atoms with Crippen LogP contribution in [-0.2, 0) is 14.3 Å². The molecule has 0 aromatic rings. The molecule has 0 radical (unpaired) electrons. The largest absolute Gasteiger partial charge is 0.394 e. The van der Waals surface area contributed by atoms with E-state index >= 15 is 0 Å². The first-order valence-electron chi connectivity index (χ1n) is 24.3. The molecule has 1 saturated heterocycles. The first-order valence-corrected chi connectivity index (χ1v) is 24.3. The summed E-state index contributed by atoms with van der Waals surface area (Å²) in [5, 5.41) is 54.1. The maximum absolute atomic E-state index is 12.9. The average Bonchev–Trinajstić information content (AvgIpc) is 3.28. The topological polar surface area (TPSA) is 149 Å². The summed E-state index contributed by atoms with van der Waals surface area (Å²) >= 11 is 0. The molecule has 0 saturated carbocycles. The zero-order chi connectivity index (χ0) is 45.9. The van der Waals surface area contributed by atoms with Crippen LogP contribution in [-0.4, -0.2) is 87.5 Å². The van der Waals surface area contributed by atoms with E-state index in [4.69, 9.17) is 9.47 Å². The highest BCUT2D eigenvalue weighted by Crippen LogP contribution is 2.22. The minimum absolute atomic E-state index is 0.220. The van der Waals surface area contributed by atoms with Gasteiger partial charge in [0, 0.05) is 6.42 Å². The quantitative estimate of drug-likeness (QED) is 0.0265. The minimum Gasteiger partial charge on any atom is -0.394 e. The van der Waals surface area contributed by atoms with Crippen LogP contribution >= 0.6 is 0 Å². The number of amides is 1. The van der Waals surface area contributed by atoms with Gasteiger partial charge in [-0.3, -0.25) is 4.79 Å². The molecule has 9 heteroatoms. The van der Waals surface area contributed by atoms with Crippen LogP contribution in [0.3, 0.4) is 0 Å². The lowest BCUT2D eigenvalue weighted by Crippen LogP contribution is -2.60. The van der Waals surface area contributed by atoms with Crippen molar-refractivity contribution in [2.45, 2.75) is 198 Å². The summed E-state index contributed by atoms with van der Waals surface area (Å²) in [6, 6.07) is -0.843. The normalized spacial score (nSPS) is 21.3. The highest BCUT2D eigenvalue weighted by molar-refractivity contribution is 5.76. The molecule has 6 N–H and O–H groups in total. The van der Waals surface area contributed by atoms with Crippen LogP contribution in [0, 0.1) is 0 Å². The summed E-state index contributed by atoms with van der Waals surface area (Å²) < 4.78 is 11.2. The Morgan fingerprint density at radius 1 is 0.556 bits per heavy atom. The molecule has 1 amide bonds. The Morgan fingerprint density at radius 2 is 0.984 bits per heavy atom. The molecule has 0 aliphatic carbocycles. The van der Waals surface area contributed by atoms with E-state index in [1.54, 1.807) is 6.08 Å².